The lowest BCUT2D eigenvalue weighted by Crippen LogP contribution is -2.22. The van der Waals surface area contributed by atoms with Crippen LogP contribution in [0.4, 0.5) is 0 Å². The molecule has 1 fully saturated rings. The summed E-state index contributed by atoms with van der Waals surface area (Å²) in [5.41, 5.74) is 0. The van der Waals surface area contributed by atoms with Gasteiger partial charge in [-0.15, -0.1) is 0 Å². The number of carbonyl (C=O) groups excluding carboxylic acids is 1. The summed E-state index contributed by atoms with van der Waals surface area (Å²) in [6.07, 6.45) is 5.52. The third-order valence-corrected chi connectivity index (χ3v) is 3.50. The SMILES string of the molecule is O=C(Oc1ccc(Br)cc1)C1CCCCC1. The minimum absolute atomic E-state index is 0.0676. The zero-order valence-electron chi connectivity index (χ0n) is 9.12. The Morgan fingerprint density at radius 3 is 2.38 bits per heavy atom. The molecule has 86 valence electrons. The first kappa shape index (κ1) is 11.6. The third kappa shape index (κ3) is 3.08. The van der Waals surface area contributed by atoms with Crippen molar-refractivity contribution in [2.24, 2.45) is 5.92 Å². The van der Waals surface area contributed by atoms with Crippen LogP contribution in [0.3, 0.4) is 0 Å². The summed E-state index contributed by atoms with van der Waals surface area (Å²) in [7, 11) is 0. The second kappa shape index (κ2) is 5.48. The maximum absolute atomic E-state index is 11.8. The Hall–Kier alpha value is -0.830. The van der Waals surface area contributed by atoms with Crippen LogP contribution >= 0.6 is 15.9 Å². The van der Waals surface area contributed by atoms with Gasteiger partial charge in [0.1, 0.15) is 5.75 Å². The van der Waals surface area contributed by atoms with E-state index in [0.717, 1.165) is 30.2 Å². The van der Waals surface area contributed by atoms with Crippen molar-refractivity contribution in [1.29, 1.82) is 0 Å². The third-order valence-electron chi connectivity index (χ3n) is 2.97. The summed E-state index contributed by atoms with van der Waals surface area (Å²) in [4.78, 5) is 11.8. The van der Waals surface area contributed by atoms with Gasteiger partial charge < -0.3 is 4.74 Å². The first-order valence-electron chi connectivity index (χ1n) is 5.73. The molecule has 3 heteroatoms. The molecule has 0 heterocycles. The van der Waals surface area contributed by atoms with E-state index in [1.807, 2.05) is 24.3 Å². The monoisotopic (exact) mass is 282 g/mol. The number of hydrogen-bond acceptors (Lipinski definition) is 2. The van der Waals surface area contributed by atoms with Gasteiger partial charge in [-0.1, -0.05) is 35.2 Å². The average Bonchev–Trinajstić information content (AvgIpc) is 2.33. The molecule has 0 saturated heterocycles. The topological polar surface area (TPSA) is 26.3 Å². The van der Waals surface area contributed by atoms with Crippen LogP contribution in [0.25, 0.3) is 0 Å². The van der Waals surface area contributed by atoms with Gasteiger partial charge >= 0.3 is 5.97 Å². The predicted octanol–water partition coefficient (Wildman–Crippen LogP) is 3.93. The molecule has 0 bridgehead atoms. The molecule has 2 nitrogen and oxygen atoms in total. The zero-order valence-corrected chi connectivity index (χ0v) is 10.7. The van der Waals surface area contributed by atoms with Gasteiger partial charge in [-0.2, -0.15) is 0 Å². The molecule has 0 atom stereocenters. The largest absolute Gasteiger partial charge is 0.426 e. The Kier molecular flexibility index (Phi) is 3.99. The van der Waals surface area contributed by atoms with Gasteiger partial charge in [0.25, 0.3) is 0 Å². The van der Waals surface area contributed by atoms with Crippen LogP contribution in [-0.4, -0.2) is 5.97 Å². The highest BCUT2D eigenvalue weighted by molar-refractivity contribution is 9.10. The molecular weight excluding hydrogens is 268 g/mol. The Morgan fingerprint density at radius 2 is 1.75 bits per heavy atom. The fraction of sp³-hybridized carbons (Fsp3) is 0.462. The van der Waals surface area contributed by atoms with Crippen LogP contribution in [0.1, 0.15) is 32.1 Å². The number of halogens is 1. The molecule has 2 rings (SSSR count). The van der Waals surface area contributed by atoms with E-state index in [-0.39, 0.29) is 11.9 Å². The summed E-state index contributed by atoms with van der Waals surface area (Å²) in [6, 6.07) is 7.38. The number of ether oxygens (including phenoxy) is 1. The minimum Gasteiger partial charge on any atom is -0.426 e. The van der Waals surface area contributed by atoms with Crippen molar-refractivity contribution in [3.05, 3.63) is 28.7 Å². The number of carbonyl (C=O) groups is 1. The second-order valence-corrected chi connectivity index (χ2v) is 5.13. The van der Waals surface area contributed by atoms with Crippen molar-refractivity contribution >= 4 is 21.9 Å². The van der Waals surface area contributed by atoms with E-state index in [1.165, 1.54) is 6.42 Å². The predicted molar refractivity (Wildman–Crippen MR) is 66.4 cm³/mol. The van der Waals surface area contributed by atoms with Gasteiger partial charge in [-0.05, 0) is 37.1 Å². The van der Waals surface area contributed by atoms with Crippen molar-refractivity contribution in [3.63, 3.8) is 0 Å². The van der Waals surface area contributed by atoms with E-state index in [1.54, 1.807) is 0 Å². The highest BCUT2D eigenvalue weighted by Crippen LogP contribution is 2.26. The molecule has 0 N–H and O–H groups in total. The first-order valence-corrected chi connectivity index (χ1v) is 6.52. The first-order chi connectivity index (χ1) is 7.75. The highest BCUT2D eigenvalue weighted by atomic mass is 79.9. The smallest absolute Gasteiger partial charge is 0.314 e. The van der Waals surface area contributed by atoms with Crippen molar-refractivity contribution in [2.75, 3.05) is 0 Å². The van der Waals surface area contributed by atoms with Crippen LogP contribution in [-0.2, 0) is 4.79 Å². The van der Waals surface area contributed by atoms with E-state index in [2.05, 4.69) is 15.9 Å². The van der Waals surface area contributed by atoms with Crippen LogP contribution < -0.4 is 4.74 Å². The standard InChI is InChI=1S/C13H15BrO2/c14-11-6-8-12(9-7-11)16-13(15)10-4-2-1-3-5-10/h6-10H,1-5H2. The van der Waals surface area contributed by atoms with E-state index in [0.29, 0.717) is 5.75 Å². The van der Waals surface area contributed by atoms with Crippen molar-refractivity contribution in [3.8, 4) is 5.75 Å². The van der Waals surface area contributed by atoms with Gasteiger partial charge in [0.15, 0.2) is 0 Å². The van der Waals surface area contributed by atoms with E-state index in [4.69, 9.17) is 4.74 Å². The zero-order chi connectivity index (χ0) is 11.4. The van der Waals surface area contributed by atoms with Gasteiger partial charge in [0.05, 0.1) is 5.92 Å². The number of hydrogen-bond donors (Lipinski definition) is 0. The number of benzene rings is 1. The molecule has 16 heavy (non-hydrogen) atoms. The average molecular weight is 283 g/mol. The van der Waals surface area contributed by atoms with E-state index in [9.17, 15) is 4.79 Å². The molecule has 0 radical (unpaired) electrons. The van der Waals surface area contributed by atoms with Gasteiger partial charge in [-0.25, -0.2) is 0 Å². The molecular formula is C13H15BrO2. The van der Waals surface area contributed by atoms with Gasteiger partial charge in [0, 0.05) is 4.47 Å². The van der Waals surface area contributed by atoms with Crippen LogP contribution in [0.2, 0.25) is 0 Å². The van der Waals surface area contributed by atoms with Crippen LogP contribution in [0.5, 0.6) is 5.75 Å². The maximum atomic E-state index is 11.8. The van der Waals surface area contributed by atoms with Crippen molar-refractivity contribution in [2.45, 2.75) is 32.1 Å². The normalized spacial score (nSPS) is 17.1. The van der Waals surface area contributed by atoms with E-state index >= 15 is 0 Å². The molecule has 0 amide bonds. The van der Waals surface area contributed by atoms with Crippen LogP contribution in [0.15, 0.2) is 28.7 Å². The lowest BCUT2D eigenvalue weighted by Gasteiger charge is -2.19. The molecule has 1 saturated carbocycles. The molecule has 0 aliphatic heterocycles. The molecule has 1 aliphatic rings. The lowest BCUT2D eigenvalue weighted by atomic mass is 9.89. The van der Waals surface area contributed by atoms with Gasteiger partial charge in [0.2, 0.25) is 0 Å². The van der Waals surface area contributed by atoms with E-state index < -0.39 is 0 Å². The lowest BCUT2D eigenvalue weighted by molar-refractivity contribution is -0.139. The molecule has 1 aromatic rings. The molecule has 1 aliphatic carbocycles. The Balaban J connectivity index is 1.93. The fourth-order valence-electron chi connectivity index (χ4n) is 2.04. The van der Waals surface area contributed by atoms with Crippen LogP contribution in [0, 0.1) is 5.92 Å². The Labute approximate surface area is 104 Å². The summed E-state index contributed by atoms with van der Waals surface area (Å²) in [6.45, 7) is 0. The Bertz CT molecular complexity index is 353. The van der Waals surface area contributed by atoms with Gasteiger partial charge in [-0.3, -0.25) is 4.79 Å². The Morgan fingerprint density at radius 1 is 1.12 bits per heavy atom. The summed E-state index contributed by atoms with van der Waals surface area (Å²) in [5.74, 6) is 0.679. The highest BCUT2D eigenvalue weighted by Gasteiger charge is 2.22. The van der Waals surface area contributed by atoms with Crippen molar-refractivity contribution in [1.82, 2.24) is 0 Å². The quantitative estimate of drug-likeness (QED) is 0.607. The molecule has 0 spiro atoms. The maximum Gasteiger partial charge on any atom is 0.314 e. The summed E-state index contributed by atoms with van der Waals surface area (Å²) >= 11 is 3.35. The number of rotatable bonds is 2. The fourth-order valence-corrected chi connectivity index (χ4v) is 2.30. The summed E-state index contributed by atoms with van der Waals surface area (Å²) < 4.78 is 6.34. The van der Waals surface area contributed by atoms with Crippen molar-refractivity contribution < 1.29 is 9.53 Å². The minimum atomic E-state index is -0.0676. The molecule has 0 unspecified atom stereocenters. The number of esters is 1. The molecule has 0 aromatic heterocycles. The second-order valence-electron chi connectivity index (χ2n) is 4.21. The molecule has 1 aromatic carbocycles. The summed E-state index contributed by atoms with van der Waals surface area (Å²) in [5, 5.41) is 0.